The first-order valence-corrected chi connectivity index (χ1v) is 9.91. The lowest BCUT2D eigenvalue weighted by atomic mass is 9.97. The van der Waals surface area contributed by atoms with Crippen molar-refractivity contribution in [3.63, 3.8) is 0 Å². The number of aryl methyl sites for hydroxylation is 1. The highest BCUT2D eigenvalue weighted by Crippen LogP contribution is 2.26. The van der Waals surface area contributed by atoms with E-state index in [-0.39, 0.29) is 18.3 Å². The van der Waals surface area contributed by atoms with Gasteiger partial charge >= 0.3 is 0 Å². The Morgan fingerprint density at radius 2 is 1.90 bits per heavy atom. The molecule has 0 aliphatic carbocycles. The van der Waals surface area contributed by atoms with Crippen molar-refractivity contribution in [3.8, 4) is 5.75 Å². The van der Waals surface area contributed by atoms with Gasteiger partial charge in [-0.3, -0.25) is 4.79 Å². The zero-order chi connectivity index (χ0) is 21.8. The van der Waals surface area contributed by atoms with Crippen molar-refractivity contribution in [3.05, 3.63) is 71.0 Å². The maximum Gasteiger partial charge on any atom is 0.217 e. The third-order valence-corrected chi connectivity index (χ3v) is 4.91. The lowest BCUT2D eigenvalue weighted by Gasteiger charge is -2.42. The monoisotopic (exact) mass is 413 g/mol. The zero-order valence-corrected chi connectivity index (χ0v) is 17.8. The summed E-state index contributed by atoms with van der Waals surface area (Å²) in [5, 5.41) is 2.94. The third kappa shape index (κ3) is 5.68. The molecule has 1 heterocycles. The molecule has 0 bridgehead atoms. The van der Waals surface area contributed by atoms with Crippen LogP contribution in [0.2, 0.25) is 0 Å². The van der Waals surface area contributed by atoms with Gasteiger partial charge in [0.25, 0.3) is 0 Å². The number of rotatable bonds is 6. The number of hydrogen-bond donors (Lipinski definition) is 1. The van der Waals surface area contributed by atoms with Gasteiger partial charge in [0.1, 0.15) is 23.7 Å². The van der Waals surface area contributed by atoms with Gasteiger partial charge < -0.3 is 19.5 Å². The highest BCUT2D eigenvalue weighted by atomic mass is 19.1. The molecule has 1 aliphatic heterocycles. The van der Waals surface area contributed by atoms with E-state index in [0.29, 0.717) is 24.5 Å². The number of carbonyl (C=O) groups excluding carboxylic acids is 1. The Morgan fingerprint density at radius 3 is 2.53 bits per heavy atom. The summed E-state index contributed by atoms with van der Waals surface area (Å²) in [6.45, 7) is 7.90. The maximum atomic E-state index is 13.8. The predicted octanol–water partition coefficient (Wildman–Crippen LogP) is 4.38. The second-order valence-electron chi connectivity index (χ2n) is 8.05. The van der Waals surface area contributed by atoms with Crippen LogP contribution in [-0.2, 0) is 20.9 Å². The molecule has 0 saturated carbocycles. The van der Waals surface area contributed by atoms with E-state index in [2.05, 4.69) is 5.32 Å². The summed E-state index contributed by atoms with van der Waals surface area (Å²) in [6.07, 6.45) is 3.83. The molecule has 0 spiro atoms. The van der Waals surface area contributed by atoms with Crippen LogP contribution in [-0.4, -0.2) is 30.4 Å². The molecule has 1 N–H and O–H groups in total. The van der Waals surface area contributed by atoms with Gasteiger partial charge in [-0.2, -0.15) is 0 Å². The summed E-state index contributed by atoms with van der Waals surface area (Å²) in [5.74, 6) is -0.417. The van der Waals surface area contributed by atoms with Crippen molar-refractivity contribution in [2.24, 2.45) is 0 Å². The minimum atomic E-state index is -0.727. The highest BCUT2D eigenvalue weighted by Gasteiger charge is 2.38. The van der Waals surface area contributed by atoms with Gasteiger partial charge in [-0.1, -0.05) is 36.4 Å². The second-order valence-corrected chi connectivity index (χ2v) is 8.05. The van der Waals surface area contributed by atoms with Crippen molar-refractivity contribution >= 4 is 12.0 Å². The minimum absolute atomic E-state index is 0.153. The molecule has 30 heavy (non-hydrogen) atoms. The summed E-state index contributed by atoms with van der Waals surface area (Å²) in [7, 11) is 0. The molecule has 1 amide bonds. The Morgan fingerprint density at radius 1 is 1.20 bits per heavy atom. The Hall–Kier alpha value is -2.70. The molecule has 160 valence electrons. The highest BCUT2D eigenvalue weighted by molar-refractivity contribution is 5.74. The summed E-state index contributed by atoms with van der Waals surface area (Å²) in [6, 6.07) is 12.3. The van der Waals surface area contributed by atoms with Crippen LogP contribution in [0, 0.1) is 12.7 Å². The number of carbonyl (C=O) groups is 1. The van der Waals surface area contributed by atoms with E-state index in [4.69, 9.17) is 14.2 Å². The fourth-order valence-corrected chi connectivity index (χ4v) is 3.21. The molecular weight excluding hydrogens is 385 g/mol. The van der Waals surface area contributed by atoms with Crippen molar-refractivity contribution in [2.75, 3.05) is 13.2 Å². The molecule has 2 aromatic rings. The summed E-state index contributed by atoms with van der Waals surface area (Å²) < 4.78 is 31.1. The van der Waals surface area contributed by atoms with Gasteiger partial charge in [0.05, 0.1) is 13.2 Å². The van der Waals surface area contributed by atoms with E-state index in [1.165, 1.54) is 13.0 Å². The van der Waals surface area contributed by atoms with Crippen LogP contribution in [0.5, 0.6) is 5.75 Å². The number of benzene rings is 2. The third-order valence-electron chi connectivity index (χ3n) is 4.91. The lowest BCUT2D eigenvalue weighted by Crippen LogP contribution is -2.59. The Labute approximate surface area is 176 Å². The summed E-state index contributed by atoms with van der Waals surface area (Å²) in [5.41, 5.74) is 1.66. The number of hydrogen-bond acceptors (Lipinski definition) is 4. The van der Waals surface area contributed by atoms with E-state index < -0.39 is 11.3 Å². The normalized spacial score (nSPS) is 17.6. The van der Waals surface area contributed by atoms with Gasteiger partial charge in [0, 0.05) is 12.5 Å². The largest absolute Gasteiger partial charge is 0.489 e. The molecule has 0 aromatic heterocycles. The second kappa shape index (κ2) is 8.98. The Kier molecular flexibility index (Phi) is 6.58. The van der Waals surface area contributed by atoms with Crippen molar-refractivity contribution in [1.29, 1.82) is 0 Å². The van der Waals surface area contributed by atoms with Crippen LogP contribution in [0.4, 0.5) is 4.39 Å². The molecule has 1 fully saturated rings. The van der Waals surface area contributed by atoms with Crippen molar-refractivity contribution in [1.82, 2.24) is 5.32 Å². The zero-order valence-electron chi connectivity index (χ0n) is 17.8. The van der Waals surface area contributed by atoms with Crippen LogP contribution in [0.1, 0.15) is 37.5 Å². The summed E-state index contributed by atoms with van der Waals surface area (Å²) in [4.78, 5) is 11.7. The smallest absolute Gasteiger partial charge is 0.217 e. The first-order valence-electron chi connectivity index (χ1n) is 9.91. The number of nitrogens with one attached hydrogen (secondary N) is 1. The molecule has 1 aliphatic rings. The minimum Gasteiger partial charge on any atom is -0.489 e. The molecule has 6 heteroatoms. The molecular formula is C24H28FNO4. The predicted molar refractivity (Wildman–Crippen MR) is 113 cm³/mol. The topological polar surface area (TPSA) is 56.8 Å². The molecule has 0 radical (unpaired) electrons. The average Bonchev–Trinajstić information content (AvgIpc) is 2.69. The Balaban J connectivity index is 1.71. The lowest BCUT2D eigenvalue weighted by molar-refractivity contribution is -0.264. The molecule has 2 aromatic carbocycles. The fraction of sp³-hybridized carbons (Fsp3) is 0.375. The molecule has 0 atom stereocenters. The summed E-state index contributed by atoms with van der Waals surface area (Å²) >= 11 is 0. The van der Waals surface area contributed by atoms with Crippen LogP contribution in [0.25, 0.3) is 6.08 Å². The molecule has 5 nitrogen and oxygen atoms in total. The standard InChI is InChI=1S/C24H28FNO4/c1-17-13-19(9-10-22(17)28-14-20-7-5-6-8-21(20)25)11-12-24(26-18(2)27)15-29-23(3,4)30-16-24/h5-13H,14-16H2,1-4H3,(H,26,27)/b12-11+. The first kappa shape index (κ1) is 22.0. The molecule has 3 rings (SSSR count). The molecule has 0 unspecified atom stereocenters. The van der Waals surface area contributed by atoms with Crippen LogP contribution in [0.15, 0.2) is 48.5 Å². The van der Waals surface area contributed by atoms with Gasteiger partial charge in [-0.15, -0.1) is 0 Å². The van der Waals surface area contributed by atoms with Crippen LogP contribution < -0.4 is 10.1 Å². The number of amides is 1. The fourth-order valence-electron chi connectivity index (χ4n) is 3.21. The SMILES string of the molecule is CC(=O)NC1(/C=C/c2ccc(OCc3ccccc3F)c(C)c2)COC(C)(C)OC1. The molecule has 1 saturated heterocycles. The van der Waals surface area contributed by atoms with Gasteiger partial charge in [0.15, 0.2) is 5.79 Å². The number of halogens is 1. The Bertz CT molecular complexity index is 929. The van der Waals surface area contributed by atoms with Crippen LogP contribution >= 0.6 is 0 Å². The first-order chi connectivity index (χ1) is 14.2. The van der Waals surface area contributed by atoms with E-state index in [9.17, 15) is 9.18 Å². The van der Waals surface area contributed by atoms with E-state index in [1.54, 1.807) is 18.2 Å². The quantitative estimate of drug-likeness (QED) is 0.763. The van der Waals surface area contributed by atoms with Crippen molar-refractivity contribution < 1.29 is 23.4 Å². The van der Waals surface area contributed by atoms with Gasteiger partial charge in [0.2, 0.25) is 5.91 Å². The van der Waals surface area contributed by atoms with Crippen molar-refractivity contribution in [2.45, 2.75) is 45.6 Å². The van der Waals surface area contributed by atoms with E-state index in [1.807, 2.05) is 51.1 Å². The van der Waals surface area contributed by atoms with E-state index in [0.717, 1.165) is 11.1 Å². The maximum absolute atomic E-state index is 13.8. The van der Waals surface area contributed by atoms with Gasteiger partial charge in [-0.25, -0.2) is 4.39 Å². The van der Waals surface area contributed by atoms with Gasteiger partial charge in [-0.05, 0) is 50.1 Å². The average molecular weight is 413 g/mol. The van der Waals surface area contributed by atoms with E-state index >= 15 is 0 Å². The number of ether oxygens (including phenoxy) is 3. The van der Waals surface area contributed by atoms with Crippen LogP contribution in [0.3, 0.4) is 0 Å².